The van der Waals surface area contributed by atoms with Crippen LogP contribution >= 0.6 is 0 Å². The zero-order chi connectivity index (χ0) is 29.0. The number of ether oxygens (including phenoxy) is 2. The number of unbranched alkanes of at least 4 members (excludes halogenated alkanes) is 2. The molecule has 0 aliphatic rings. The van der Waals surface area contributed by atoms with Crippen LogP contribution in [0.1, 0.15) is 90.0 Å². The number of hydrogen-bond donors (Lipinski definition) is 2. The number of alkyl carbamates (subject to hydrolysis) is 1. The van der Waals surface area contributed by atoms with Crippen molar-refractivity contribution in [2.24, 2.45) is 5.92 Å². The van der Waals surface area contributed by atoms with Gasteiger partial charge in [0.2, 0.25) is 11.8 Å². The molecule has 0 bridgehead atoms. The average molecular weight is 534 g/mol. The minimum absolute atomic E-state index is 0.0867. The molecule has 38 heavy (non-hydrogen) atoms. The van der Waals surface area contributed by atoms with E-state index in [1.165, 1.54) is 12.0 Å². The molecule has 2 unspecified atom stereocenters. The average Bonchev–Trinajstić information content (AvgIpc) is 2.81. The lowest BCUT2D eigenvalue weighted by atomic mass is 9.94. The van der Waals surface area contributed by atoms with Crippen LogP contribution in [0.2, 0.25) is 0 Å². The summed E-state index contributed by atoms with van der Waals surface area (Å²) in [4.78, 5) is 53.8. The van der Waals surface area contributed by atoms with Gasteiger partial charge in [0, 0.05) is 6.54 Å². The van der Waals surface area contributed by atoms with E-state index in [1.807, 2.05) is 45.9 Å². The summed E-state index contributed by atoms with van der Waals surface area (Å²) >= 11 is 0. The van der Waals surface area contributed by atoms with Crippen molar-refractivity contribution in [2.75, 3.05) is 20.2 Å². The smallest absolute Gasteiger partial charge is 0.408 e. The number of rotatable bonds is 13. The van der Waals surface area contributed by atoms with E-state index in [4.69, 9.17) is 4.74 Å². The summed E-state index contributed by atoms with van der Waals surface area (Å²) in [5.74, 6) is -1.37. The number of methoxy groups -OCH3 is 1. The van der Waals surface area contributed by atoms with Gasteiger partial charge in [0.05, 0.1) is 7.11 Å². The normalized spacial score (nSPS) is 12.9. The van der Waals surface area contributed by atoms with Gasteiger partial charge in [-0.25, -0.2) is 4.79 Å². The molecule has 0 heterocycles. The molecule has 0 radical (unpaired) electrons. The van der Waals surface area contributed by atoms with Gasteiger partial charge in [-0.3, -0.25) is 14.4 Å². The quantitative estimate of drug-likeness (QED) is 0.283. The second-order valence-corrected chi connectivity index (χ2v) is 11.1. The van der Waals surface area contributed by atoms with Gasteiger partial charge in [0.15, 0.2) is 0 Å². The van der Waals surface area contributed by atoms with Crippen molar-refractivity contribution in [1.29, 1.82) is 0 Å². The summed E-state index contributed by atoms with van der Waals surface area (Å²) in [6.45, 7) is 15.1. The Morgan fingerprint density at radius 3 is 2.26 bits per heavy atom. The van der Waals surface area contributed by atoms with Crippen molar-refractivity contribution in [3.63, 3.8) is 0 Å². The van der Waals surface area contributed by atoms with E-state index >= 15 is 0 Å². The second-order valence-electron chi connectivity index (χ2n) is 11.1. The highest BCUT2D eigenvalue weighted by Gasteiger charge is 2.37. The monoisotopic (exact) mass is 533 g/mol. The minimum Gasteiger partial charge on any atom is -0.468 e. The van der Waals surface area contributed by atoms with Crippen molar-refractivity contribution in [3.8, 4) is 0 Å². The molecule has 0 aliphatic carbocycles. The summed E-state index contributed by atoms with van der Waals surface area (Å²) in [6, 6.07) is 3.71. The molecular weight excluding hydrogens is 486 g/mol. The van der Waals surface area contributed by atoms with Crippen LogP contribution in [-0.4, -0.2) is 60.6 Å². The summed E-state index contributed by atoms with van der Waals surface area (Å²) in [7, 11) is 1.25. The van der Waals surface area contributed by atoms with E-state index in [9.17, 15) is 19.2 Å². The Labute approximate surface area is 228 Å². The maximum absolute atomic E-state index is 14.2. The molecule has 0 aromatic heterocycles. The molecule has 1 aromatic rings. The molecule has 214 valence electrons. The number of benzene rings is 1. The lowest BCUT2D eigenvalue weighted by Gasteiger charge is -2.35. The summed E-state index contributed by atoms with van der Waals surface area (Å²) in [5.41, 5.74) is 1.78. The largest absolute Gasteiger partial charge is 0.468 e. The predicted octanol–water partition coefficient (Wildman–Crippen LogP) is 4.59. The van der Waals surface area contributed by atoms with E-state index in [-0.39, 0.29) is 18.4 Å². The van der Waals surface area contributed by atoms with Gasteiger partial charge in [0.25, 0.3) is 0 Å². The molecule has 1 aromatic carbocycles. The van der Waals surface area contributed by atoms with E-state index in [2.05, 4.69) is 22.3 Å². The van der Waals surface area contributed by atoms with Crippen molar-refractivity contribution in [3.05, 3.63) is 34.9 Å². The Morgan fingerprint density at radius 1 is 1.05 bits per heavy atom. The molecule has 3 amide bonds. The summed E-state index contributed by atoms with van der Waals surface area (Å²) < 4.78 is 10.1. The number of carbonyl (C=O) groups is 4. The molecule has 2 atom stereocenters. The van der Waals surface area contributed by atoms with E-state index in [0.29, 0.717) is 24.9 Å². The van der Waals surface area contributed by atoms with Crippen molar-refractivity contribution >= 4 is 23.9 Å². The first-order chi connectivity index (χ1) is 17.7. The lowest BCUT2D eigenvalue weighted by molar-refractivity contribution is -0.145. The Balaban J connectivity index is 3.57. The van der Waals surface area contributed by atoms with E-state index in [1.54, 1.807) is 20.8 Å². The maximum atomic E-state index is 14.2. The van der Waals surface area contributed by atoms with Crippen LogP contribution in [0.4, 0.5) is 4.79 Å². The fourth-order valence-corrected chi connectivity index (χ4v) is 4.09. The first kappa shape index (κ1) is 32.9. The van der Waals surface area contributed by atoms with Crippen LogP contribution in [0, 0.1) is 19.8 Å². The van der Waals surface area contributed by atoms with Crippen LogP contribution in [0.5, 0.6) is 0 Å². The molecule has 0 fully saturated rings. The molecule has 0 saturated heterocycles. The van der Waals surface area contributed by atoms with Crippen LogP contribution in [-0.2, 0) is 23.9 Å². The third-order valence-electron chi connectivity index (χ3n) is 6.12. The number of esters is 1. The van der Waals surface area contributed by atoms with Gasteiger partial charge >= 0.3 is 12.1 Å². The topological polar surface area (TPSA) is 114 Å². The molecule has 0 spiro atoms. The van der Waals surface area contributed by atoms with Crippen LogP contribution in [0.3, 0.4) is 0 Å². The Bertz CT molecular complexity index is 954. The first-order valence-electron chi connectivity index (χ1n) is 13.4. The van der Waals surface area contributed by atoms with Crippen LogP contribution in [0.15, 0.2) is 18.2 Å². The highest BCUT2D eigenvalue weighted by molar-refractivity contribution is 5.93. The Hall–Kier alpha value is -3.10. The van der Waals surface area contributed by atoms with Crippen LogP contribution < -0.4 is 10.6 Å². The highest BCUT2D eigenvalue weighted by Crippen LogP contribution is 2.28. The highest BCUT2D eigenvalue weighted by atomic mass is 16.6. The first-order valence-corrected chi connectivity index (χ1v) is 13.4. The summed E-state index contributed by atoms with van der Waals surface area (Å²) in [6.07, 6.45) is 2.14. The van der Waals surface area contributed by atoms with Crippen molar-refractivity contribution < 1.29 is 28.7 Å². The van der Waals surface area contributed by atoms with Crippen LogP contribution in [0.25, 0.3) is 0 Å². The summed E-state index contributed by atoms with van der Waals surface area (Å²) in [5, 5.41) is 5.38. The van der Waals surface area contributed by atoms with Gasteiger partial charge in [-0.2, -0.15) is 0 Å². The van der Waals surface area contributed by atoms with Gasteiger partial charge in [-0.05, 0) is 70.1 Å². The maximum Gasteiger partial charge on any atom is 0.408 e. The predicted molar refractivity (Wildman–Crippen MR) is 148 cm³/mol. The molecule has 0 aliphatic heterocycles. The Kier molecular flexibility index (Phi) is 13.3. The van der Waals surface area contributed by atoms with E-state index < -0.39 is 35.7 Å². The van der Waals surface area contributed by atoms with Gasteiger partial charge in [-0.1, -0.05) is 51.8 Å². The molecule has 2 N–H and O–H groups in total. The fourth-order valence-electron chi connectivity index (χ4n) is 4.09. The number of amides is 3. The number of nitrogens with zero attached hydrogens (tertiary/aromatic N) is 1. The molecular formula is C29H47N3O6. The fraction of sp³-hybridized carbons (Fsp3) is 0.655. The molecule has 9 heteroatoms. The standard InChI is InChI=1S/C29H47N3O6/c1-10-11-12-16-32(27(35)23(17-19(2)3)31-28(36)38-29(6,7)8)25(26(34)30-18-24(33)37-9)22-15-13-14-20(4)21(22)5/h13-15,19,23,25H,10-12,16-18H2,1-9H3,(H,30,34)(H,31,36). The van der Waals surface area contributed by atoms with Gasteiger partial charge in [-0.15, -0.1) is 0 Å². The van der Waals surface area contributed by atoms with Crippen molar-refractivity contribution in [1.82, 2.24) is 15.5 Å². The second kappa shape index (κ2) is 15.3. The number of hydrogen-bond acceptors (Lipinski definition) is 6. The zero-order valence-corrected chi connectivity index (χ0v) is 24.6. The molecule has 1 rings (SSSR count). The SMILES string of the molecule is CCCCCN(C(=O)C(CC(C)C)NC(=O)OC(C)(C)C)C(C(=O)NCC(=O)OC)c1cccc(C)c1C. The zero-order valence-electron chi connectivity index (χ0n) is 24.6. The lowest BCUT2D eigenvalue weighted by Crippen LogP contribution is -2.54. The molecule has 9 nitrogen and oxygen atoms in total. The number of aryl methyl sites for hydroxylation is 1. The third kappa shape index (κ3) is 10.7. The number of nitrogens with one attached hydrogen (secondary N) is 2. The third-order valence-corrected chi connectivity index (χ3v) is 6.12. The van der Waals surface area contributed by atoms with E-state index in [0.717, 1.165) is 24.0 Å². The van der Waals surface area contributed by atoms with Gasteiger partial charge < -0.3 is 25.0 Å². The van der Waals surface area contributed by atoms with Crippen molar-refractivity contribution in [2.45, 2.75) is 98.8 Å². The Morgan fingerprint density at radius 2 is 1.71 bits per heavy atom. The minimum atomic E-state index is -1.00. The number of carbonyl (C=O) groups excluding carboxylic acids is 4. The van der Waals surface area contributed by atoms with Gasteiger partial charge in [0.1, 0.15) is 24.2 Å². The molecule has 0 saturated carbocycles.